The second-order valence-electron chi connectivity index (χ2n) is 7.14. The Labute approximate surface area is 184 Å². The first kappa shape index (κ1) is 24.1. The van der Waals surface area contributed by atoms with Crippen LogP contribution in [0.2, 0.25) is 0 Å². The Balaban J connectivity index is 1.82. The predicted molar refractivity (Wildman–Crippen MR) is 122 cm³/mol. The molecule has 170 valence electrons. The van der Waals surface area contributed by atoms with Crippen LogP contribution >= 0.6 is 0 Å². The molecule has 2 N–H and O–H groups in total. The number of aliphatic imine (C=N–C) groups is 1. The first-order chi connectivity index (χ1) is 15.0. The summed E-state index contributed by atoms with van der Waals surface area (Å²) in [6, 6.07) is 7.74. The Hall–Kier alpha value is -3.16. The molecule has 0 aliphatic heterocycles. The number of hydrogen-bond donors (Lipinski definition) is 2. The molecule has 0 saturated heterocycles. The van der Waals surface area contributed by atoms with Crippen LogP contribution in [0.25, 0.3) is 0 Å². The highest BCUT2D eigenvalue weighted by Crippen LogP contribution is 2.27. The van der Waals surface area contributed by atoms with Crippen molar-refractivity contribution in [2.75, 3.05) is 47.4 Å². The fraction of sp³-hybridized carbons (Fsp3) is 0.478. The number of likely N-dealkylation sites (N-methyl/N-ethyl adjacent to an activating group) is 1. The van der Waals surface area contributed by atoms with Crippen molar-refractivity contribution in [3.8, 4) is 11.5 Å². The Morgan fingerprint density at radius 2 is 1.94 bits per heavy atom. The maximum absolute atomic E-state index is 12.1. The van der Waals surface area contributed by atoms with Crippen molar-refractivity contribution in [3.05, 3.63) is 47.4 Å². The van der Waals surface area contributed by atoms with Gasteiger partial charge in [0.1, 0.15) is 0 Å². The molecule has 0 bridgehead atoms. The third-order valence-electron chi connectivity index (χ3n) is 4.83. The largest absolute Gasteiger partial charge is 0.493 e. The lowest BCUT2D eigenvalue weighted by Gasteiger charge is -2.22. The standard InChI is InChI=1S/C23H34N4O4/c1-6-24-23(26-13-7-12-25-22(28)21-17(2)11-15-31-21)27(3)14-10-18-8-9-19(29-4)20(16-18)30-5/h8-9,11,15-16H,6-7,10,12-14H2,1-5H3,(H,24,26)(H,25,28). The van der Waals surface area contributed by atoms with Crippen LogP contribution in [-0.2, 0) is 6.42 Å². The Morgan fingerprint density at radius 1 is 1.16 bits per heavy atom. The lowest BCUT2D eigenvalue weighted by molar-refractivity contribution is 0.0925. The maximum Gasteiger partial charge on any atom is 0.287 e. The lowest BCUT2D eigenvalue weighted by atomic mass is 10.1. The zero-order chi connectivity index (χ0) is 22.6. The summed E-state index contributed by atoms with van der Waals surface area (Å²) in [5.41, 5.74) is 2.00. The summed E-state index contributed by atoms with van der Waals surface area (Å²) in [4.78, 5) is 18.8. The number of nitrogens with one attached hydrogen (secondary N) is 2. The summed E-state index contributed by atoms with van der Waals surface area (Å²) >= 11 is 0. The molecular formula is C23H34N4O4. The van der Waals surface area contributed by atoms with Crippen LogP contribution in [0.5, 0.6) is 11.5 Å². The molecule has 0 spiro atoms. The van der Waals surface area contributed by atoms with E-state index in [1.54, 1.807) is 20.3 Å². The number of nitrogens with zero attached hydrogens (tertiary/aromatic N) is 2. The van der Waals surface area contributed by atoms with Gasteiger partial charge in [0.05, 0.1) is 20.5 Å². The second kappa shape index (κ2) is 12.5. The molecule has 0 atom stereocenters. The van der Waals surface area contributed by atoms with Crippen molar-refractivity contribution in [1.82, 2.24) is 15.5 Å². The van der Waals surface area contributed by atoms with Crippen molar-refractivity contribution in [1.29, 1.82) is 0 Å². The predicted octanol–water partition coefficient (Wildman–Crippen LogP) is 2.87. The van der Waals surface area contributed by atoms with E-state index in [0.717, 1.165) is 54.5 Å². The molecule has 0 fully saturated rings. The Morgan fingerprint density at radius 3 is 2.58 bits per heavy atom. The smallest absolute Gasteiger partial charge is 0.287 e. The SMILES string of the molecule is CCNC(=NCCCNC(=O)c1occc1C)N(C)CCc1ccc(OC)c(OC)c1. The minimum Gasteiger partial charge on any atom is -0.493 e. The van der Waals surface area contributed by atoms with E-state index >= 15 is 0 Å². The van der Waals surface area contributed by atoms with E-state index in [-0.39, 0.29) is 5.91 Å². The monoisotopic (exact) mass is 430 g/mol. The van der Waals surface area contributed by atoms with Crippen LogP contribution in [0.1, 0.15) is 35.0 Å². The van der Waals surface area contributed by atoms with Crippen LogP contribution < -0.4 is 20.1 Å². The van der Waals surface area contributed by atoms with E-state index in [1.807, 2.05) is 39.1 Å². The molecule has 0 saturated carbocycles. The van der Waals surface area contributed by atoms with Gasteiger partial charge in [0.2, 0.25) is 0 Å². The van der Waals surface area contributed by atoms with Crippen molar-refractivity contribution in [3.63, 3.8) is 0 Å². The van der Waals surface area contributed by atoms with Gasteiger partial charge in [-0.1, -0.05) is 6.07 Å². The van der Waals surface area contributed by atoms with E-state index < -0.39 is 0 Å². The van der Waals surface area contributed by atoms with Gasteiger partial charge in [-0.2, -0.15) is 0 Å². The Kier molecular flexibility index (Phi) is 9.74. The number of carbonyl (C=O) groups excluding carboxylic acids is 1. The van der Waals surface area contributed by atoms with Gasteiger partial charge in [0, 0.05) is 38.8 Å². The fourth-order valence-corrected chi connectivity index (χ4v) is 3.06. The molecule has 0 radical (unpaired) electrons. The molecule has 8 nitrogen and oxygen atoms in total. The zero-order valence-electron chi connectivity index (χ0n) is 19.2. The topological polar surface area (TPSA) is 88.3 Å². The molecule has 1 heterocycles. The fourth-order valence-electron chi connectivity index (χ4n) is 3.06. The maximum atomic E-state index is 12.1. The molecule has 1 aromatic carbocycles. The summed E-state index contributed by atoms with van der Waals surface area (Å²) < 4.78 is 15.9. The molecule has 0 aliphatic rings. The van der Waals surface area contributed by atoms with Gasteiger partial charge in [-0.25, -0.2) is 0 Å². The number of carbonyl (C=O) groups is 1. The van der Waals surface area contributed by atoms with Crippen LogP contribution in [0.15, 0.2) is 39.9 Å². The third kappa shape index (κ3) is 7.24. The van der Waals surface area contributed by atoms with Gasteiger partial charge < -0.3 is 29.4 Å². The summed E-state index contributed by atoms with van der Waals surface area (Å²) in [6.07, 6.45) is 3.11. The number of furan rings is 1. The molecule has 2 aromatic rings. The Bertz CT molecular complexity index is 863. The quantitative estimate of drug-likeness (QED) is 0.324. The van der Waals surface area contributed by atoms with E-state index in [0.29, 0.717) is 18.8 Å². The molecular weight excluding hydrogens is 396 g/mol. The van der Waals surface area contributed by atoms with Crippen LogP contribution in [-0.4, -0.2) is 64.2 Å². The molecule has 2 rings (SSSR count). The molecule has 1 aromatic heterocycles. The van der Waals surface area contributed by atoms with E-state index in [2.05, 4.69) is 20.5 Å². The van der Waals surface area contributed by atoms with Crippen molar-refractivity contribution in [2.24, 2.45) is 4.99 Å². The number of ether oxygens (including phenoxy) is 2. The zero-order valence-corrected chi connectivity index (χ0v) is 19.2. The lowest BCUT2D eigenvalue weighted by Crippen LogP contribution is -2.40. The number of guanidine groups is 1. The van der Waals surface area contributed by atoms with Crippen molar-refractivity contribution < 1.29 is 18.7 Å². The van der Waals surface area contributed by atoms with E-state index in [4.69, 9.17) is 13.9 Å². The van der Waals surface area contributed by atoms with Gasteiger partial charge in [-0.05, 0) is 50.5 Å². The molecule has 0 aliphatic carbocycles. The van der Waals surface area contributed by atoms with Crippen LogP contribution in [0.3, 0.4) is 0 Å². The average Bonchev–Trinajstić information content (AvgIpc) is 3.22. The highest BCUT2D eigenvalue weighted by atomic mass is 16.5. The van der Waals surface area contributed by atoms with Crippen molar-refractivity contribution in [2.45, 2.75) is 26.7 Å². The van der Waals surface area contributed by atoms with Gasteiger partial charge >= 0.3 is 0 Å². The summed E-state index contributed by atoms with van der Waals surface area (Å²) in [5, 5.41) is 6.19. The molecule has 0 unspecified atom stereocenters. The number of hydrogen-bond acceptors (Lipinski definition) is 5. The summed E-state index contributed by atoms with van der Waals surface area (Å²) in [7, 11) is 5.29. The first-order valence-corrected chi connectivity index (χ1v) is 10.5. The van der Waals surface area contributed by atoms with Gasteiger partial charge in [0.15, 0.2) is 23.2 Å². The normalized spacial score (nSPS) is 11.2. The number of rotatable bonds is 11. The van der Waals surface area contributed by atoms with Crippen LogP contribution in [0, 0.1) is 6.92 Å². The van der Waals surface area contributed by atoms with Gasteiger partial charge in [-0.3, -0.25) is 9.79 Å². The number of amides is 1. The number of benzene rings is 1. The first-order valence-electron chi connectivity index (χ1n) is 10.5. The molecule has 8 heteroatoms. The highest BCUT2D eigenvalue weighted by molar-refractivity contribution is 5.92. The van der Waals surface area contributed by atoms with Crippen LogP contribution in [0.4, 0.5) is 0 Å². The third-order valence-corrected chi connectivity index (χ3v) is 4.83. The number of methoxy groups -OCH3 is 2. The summed E-state index contributed by atoms with van der Waals surface area (Å²) in [6.45, 7) is 6.63. The van der Waals surface area contributed by atoms with Crippen molar-refractivity contribution >= 4 is 11.9 Å². The minimum absolute atomic E-state index is 0.189. The van der Waals surface area contributed by atoms with Gasteiger partial charge in [0.25, 0.3) is 5.91 Å². The minimum atomic E-state index is -0.189. The molecule has 31 heavy (non-hydrogen) atoms. The van der Waals surface area contributed by atoms with Gasteiger partial charge in [-0.15, -0.1) is 0 Å². The average molecular weight is 431 g/mol. The molecule has 1 amide bonds. The highest BCUT2D eigenvalue weighted by Gasteiger charge is 2.12. The van der Waals surface area contributed by atoms with E-state index in [9.17, 15) is 4.79 Å². The number of aryl methyl sites for hydroxylation is 1. The second-order valence-corrected chi connectivity index (χ2v) is 7.14. The van der Waals surface area contributed by atoms with E-state index in [1.165, 1.54) is 6.26 Å². The summed E-state index contributed by atoms with van der Waals surface area (Å²) in [5.74, 6) is 2.48.